The van der Waals surface area contributed by atoms with Crippen molar-refractivity contribution in [3.63, 3.8) is 0 Å². The Morgan fingerprint density at radius 3 is 2.58 bits per heavy atom. The number of hydrogen-bond donors (Lipinski definition) is 2. The van der Waals surface area contributed by atoms with E-state index in [1.165, 1.54) is 17.2 Å². The molecule has 2 heterocycles. The van der Waals surface area contributed by atoms with Gasteiger partial charge in [0.25, 0.3) is 5.56 Å². The van der Waals surface area contributed by atoms with Crippen LogP contribution in [0.4, 0.5) is 5.95 Å². The molecule has 0 bridgehead atoms. The number of aromatic amines is 1. The van der Waals surface area contributed by atoms with Crippen LogP contribution >= 0.6 is 0 Å². The van der Waals surface area contributed by atoms with Crippen molar-refractivity contribution in [2.24, 2.45) is 0 Å². The summed E-state index contributed by atoms with van der Waals surface area (Å²) in [6.45, 7) is 2.83. The van der Waals surface area contributed by atoms with E-state index in [1.807, 2.05) is 12.1 Å². The van der Waals surface area contributed by atoms with Gasteiger partial charge in [-0.3, -0.25) is 14.8 Å². The Hall–Kier alpha value is -2.95. The van der Waals surface area contributed by atoms with Gasteiger partial charge in [-0.2, -0.15) is 0 Å². The van der Waals surface area contributed by atoms with E-state index in [4.69, 9.17) is 0 Å². The van der Waals surface area contributed by atoms with E-state index in [-0.39, 0.29) is 5.56 Å². The predicted octanol–water partition coefficient (Wildman–Crippen LogP) is 3.19. The van der Waals surface area contributed by atoms with Crippen LogP contribution in [-0.2, 0) is 6.42 Å². The fraction of sp³-hybridized carbons (Fsp3) is 0.211. The van der Waals surface area contributed by atoms with Gasteiger partial charge >= 0.3 is 0 Å². The minimum absolute atomic E-state index is 0.169. The normalized spacial score (nSPS) is 10.5. The molecule has 0 aliphatic rings. The van der Waals surface area contributed by atoms with Gasteiger partial charge in [0.1, 0.15) is 0 Å². The van der Waals surface area contributed by atoms with E-state index < -0.39 is 0 Å². The number of aromatic nitrogens is 3. The van der Waals surface area contributed by atoms with E-state index in [9.17, 15) is 4.79 Å². The van der Waals surface area contributed by atoms with Crippen molar-refractivity contribution in [2.45, 2.75) is 19.8 Å². The van der Waals surface area contributed by atoms with Crippen molar-refractivity contribution in [3.05, 3.63) is 76.3 Å². The number of nitrogens with one attached hydrogen (secondary N) is 2. The minimum atomic E-state index is -0.169. The molecule has 5 nitrogen and oxygen atoms in total. The largest absolute Gasteiger partial charge is 0.356 e. The monoisotopic (exact) mass is 320 g/mol. The van der Waals surface area contributed by atoms with Crippen LogP contribution in [0.5, 0.6) is 0 Å². The average Bonchev–Trinajstić information content (AvgIpc) is 2.61. The van der Waals surface area contributed by atoms with Crippen LogP contribution in [0.15, 0.2) is 59.7 Å². The molecule has 3 aromatic rings. The first kappa shape index (κ1) is 15.9. The Morgan fingerprint density at radius 1 is 1.08 bits per heavy atom. The molecular formula is C19H20N4O. The van der Waals surface area contributed by atoms with Crippen LogP contribution in [-0.4, -0.2) is 21.5 Å². The molecule has 0 aliphatic carbocycles. The summed E-state index contributed by atoms with van der Waals surface area (Å²) in [6.07, 6.45) is 5.33. The van der Waals surface area contributed by atoms with Crippen molar-refractivity contribution in [3.8, 4) is 11.3 Å². The van der Waals surface area contributed by atoms with Gasteiger partial charge in [-0.15, -0.1) is 0 Å². The van der Waals surface area contributed by atoms with Crippen LogP contribution in [0.3, 0.4) is 0 Å². The third-order valence-electron chi connectivity index (χ3n) is 3.77. The summed E-state index contributed by atoms with van der Waals surface area (Å²) in [7, 11) is 0. The van der Waals surface area contributed by atoms with Gasteiger partial charge in [0.05, 0.1) is 5.69 Å². The third kappa shape index (κ3) is 4.29. The molecule has 0 radical (unpaired) electrons. The lowest BCUT2D eigenvalue weighted by Gasteiger charge is -2.07. The van der Waals surface area contributed by atoms with Crippen molar-refractivity contribution in [1.82, 2.24) is 15.0 Å². The first-order valence-electron chi connectivity index (χ1n) is 8.02. The molecule has 1 aromatic carbocycles. The highest BCUT2D eigenvalue weighted by atomic mass is 16.1. The van der Waals surface area contributed by atoms with E-state index in [0.29, 0.717) is 11.6 Å². The van der Waals surface area contributed by atoms with Crippen molar-refractivity contribution in [1.29, 1.82) is 0 Å². The van der Waals surface area contributed by atoms with E-state index in [2.05, 4.69) is 51.5 Å². The predicted molar refractivity (Wildman–Crippen MR) is 96.1 cm³/mol. The standard InChI is InChI=1S/C19H20N4O/c1-14-4-6-15(7-5-14)3-2-10-21-19-22-17(13-18(24)23-19)16-8-11-20-12-9-16/h4-9,11-13H,2-3,10H2,1H3,(H2,21,22,23,24). The summed E-state index contributed by atoms with van der Waals surface area (Å²) in [5, 5.41) is 3.19. The van der Waals surface area contributed by atoms with Crippen molar-refractivity contribution >= 4 is 5.95 Å². The molecule has 0 aliphatic heterocycles. The van der Waals surface area contributed by atoms with Gasteiger partial charge in [0, 0.05) is 30.6 Å². The average molecular weight is 320 g/mol. The minimum Gasteiger partial charge on any atom is -0.356 e. The maximum Gasteiger partial charge on any atom is 0.252 e. The van der Waals surface area contributed by atoms with Crippen molar-refractivity contribution < 1.29 is 0 Å². The number of anilines is 1. The number of rotatable bonds is 6. The summed E-state index contributed by atoms with van der Waals surface area (Å²) in [6, 6.07) is 13.7. The summed E-state index contributed by atoms with van der Waals surface area (Å²) in [4.78, 5) is 23.0. The highest BCUT2D eigenvalue weighted by Gasteiger charge is 2.03. The molecule has 3 rings (SSSR count). The fourth-order valence-electron chi connectivity index (χ4n) is 2.47. The second kappa shape index (κ2) is 7.55. The zero-order chi connectivity index (χ0) is 16.8. The molecule has 122 valence electrons. The van der Waals surface area contributed by atoms with Crippen LogP contribution < -0.4 is 10.9 Å². The Balaban J connectivity index is 1.60. The van der Waals surface area contributed by atoms with Gasteiger partial charge in [-0.05, 0) is 37.5 Å². The van der Waals surface area contributed by atoms with E-state index >= 15 is 0 Å². The highest BCUT2D eigenvalue weighted by molar-refractivity contribution is 5.58. The topological polar surface area (TPSA) is 70.7 Å². The zero-order valence-electron chi connectivity index (χ0n) is 13.6. The van der Waals surface area contributed by atoms with Gasteiger partial charge in [-0.1, -0.05) is 29.8 Å². The molecule has 24 heavy (non-hydrogen) atoms. The molecule has 0 unspecified atom stereocenters. The van der Waals surface area contributed by atoms with Crippen LogP contribution in [0.2, 0.25) is 0 Å². The van der Waals surface area contributed by atoms with Crippen LogP contribution in [0.25, 0.3) is 11.3 Å². The first-order valence-corrected chi connectivity index (χ1v) is 8.02. The first-order chi connectivity index (χ1) is 11.7. The maximum absolute atomic E-state index is 11.8. The Labute approximate surface area is 140 Å². The number of nitrogens with zero attached hydrogens (tertiary/aromatic N) is 2. The van der Waals surface area contributed by atoms with Crippen molar-refractivity contribution in [2.75, 3.05) is 11.9 Å². The molecule has 0 atom stereocenters. The third-order valence-corrected chi connectivity index (χ3v) is 3.77. The van der Waals surface area contributed by atoms with E-state index in [1.54, 1.807) is 12.4 Å². The van der Waals surface area contributed by atoms with Gasteiger partial charge < -0.3 is 5.32 Å². The number of H-pyrrole nitrogens is 1. The molecule has 2 N–H and O–H groups in total. The summed E-state index contributed by atoms with van der Waals surface area (Å²) in [5.74, 6) is 0.498. The van der Waals surface area contributed by atoms with Gasteiger partial charge in [0.2, 0.25) is 5.95 Å². The second-order valence-corrected chi connectivity index (χ2v) is 5.73. The number of pyridine rings is 1. The SMILES string of the molecule is Cc1ccc(CCCNc2nc(-c3ccncc3)cc(=O)[nH]2)cc1. The summed E-state index contributed by atoms with van der Waals surface area (Å²) >= 11 is 0. The highest BCUT2D eigenvalue weighted by Crippen LogP contribution is 2.14. The number of hydrogen-bond acceptors (Lipinski definition) is 4. The second-order valence-electron chi connectivity index (χ2n) is 5.73. The number of benzene rings is 1. The Bertz CT molecular complexity index is 841. The van der Waals surface area contributed by atoms with E-state index in [0.717, 1.165) is 24.9 Å². The molecule has 0 amide bonds. The molecule has 0 spiro atoms. The number of aryl methyl sites for hydroxylation is 2. The zero-order valence-corrected chi connectivity index (χ0v) is 13.6. The lowest BCUT2D eigenvalue weighted by atomic mass is 10.1. The maximum atomic E-state index is 11.8. The lowest BCUT2D eigenvalue weighted by molar-refractivity contribution is 0.851. The lowest BCUT2D eigenvalue weighted by Crippen LogP contribution is -2.14. The summed E-state index contributed by atoms with van der Waals surface area (Å²) < 4.78 is 0. The van der Waals surface area contributed by atoms with Gasteiger partial charge in [0.15, 0.2) is 0 Å². The molecule has 5 heteroatoms. The molecule has 0 fully saturated rings. The molecule has 0 saturated carbocycles. The molecular weight excluding hydrogens is 300 g/mol. The Kier molecular flexibility index (Phi) is 5.01. The summed E-state index contributed by atoms with van der Waals surface area (Å²) in [5.41, 5.74) is 3.93. The van der Waals surface area contributed by atoms with Gasteiger partial charge in [-0.25, -0.2) is 4.98 Å². The molecule has 0 saturated heterocycles. The fourth-order valence-corrected chi connectivity index (χ4v) is 2.47. The van der Waals surface area contributed by atoms with Crippen LogP contribution in [0.1, 0.15) is 17.5 Å². The molecule has 2 aromatic heterocycles. The smallest absolute Gasteiger partial charge is 0.252 e. The Morgan fingerprint density at radius 2 is 1.83 bits per heavy atom. The van der Waals surface area contributed by atoms with Crippen LogP contribution in [0, 0.1) is 6.92 Å². The quantitative estimate of drug-likeness (QED) is 0.684.